The first kappa shape index (κ1) is 13.1. The molecule has 98 valence electrons. The third-order valence-corrected chi connectivity index (χ3v) is 3.28. The minimum absolute atomic E-state index is 0.276. The molecule has 1 aromatic carbocycles. The zero-order chi connectivity index (χ0) is 13.0. The van der Waals surface area contributed by atoms with Crippen molar-refractivity contribution in [1.29, 1.82) is 0 Å². The average molecular weight is 247 g/mol. The van der Waals surface area contributed by atoms with E-state index in [1.807, 2.05) is 0 Å². The molecule has 0 atom stereocenters. The second-order valence-electron chi connectivity index (χ2n) is 5.08. The van der Waals surface area contributed by atoms with Crippen LogP contribution in [-0.2, 0) is 17.8 Å². The van der Waals surface area contributed by atoms with Crippen LogP contribution in [0, 0.1) is 0 Å². The van der Waals surface area contributed by atoms with Crippen LogP contribution in [0.25, 0.3) is 0 Å². The van der Waals surface area contributed by atoms with Crippen LogP contribution >= 0.6 is 0 Å². The van der Waals surface area contributed by atoms with Crippen molar-refractivity contribution in [2.24, 2.45) is 0 Å². The number of nitrogens with zero attached hydrogens (tertiary/aromatic N) is 1. The van der Waals surface area contributed by atoms with E-state index >= 15 is 0 Å². The molecule has 0 fully saturated rings. The first-order valence-electron chi connectivity index (χ1n) is 6.58. The van der Waals surface area contributed by atoms with Gasteiger partial charge in [-0.15, -0.1) is 0 Å². The van der Waals surface area contributed by atoms with Crippen molar-refractivity contribution in [3.05, 3.63) is 29.3 Å². The van der Waals surface area contributed by atoms with E-state index in [2.05, 4.69) is 30.1 Å². The van der Waals surface area contributed by atoms with Crippen LogP contribution in [0.1, 0.15) is 30.9 Å². The molecule has 0 N–H and O–H groups in total. The molecule has 18 heavy (non-hydrogen) atoms. The Morgan fingerprint density at radius 1 is 1.44 bits per heavy atom. The second-order valence-corrected chi connectivity index (χ2v) is 5.08. The van der Waals surface area contributed by atoms with Gasteiger partial charge in [0, 0.05) is 19.4 Å². The zero-order valence-electron chi connectivity index (χ0n) is 11.2. The number of hydrogen-bond acceptors (Lipinski definition) is 3. The van der Waals surface area contributed by atoms with Gasteiger partial charge in [-0.25, -0.2) is 0 Å². The third-order valence-electron chi connectivity index (χ3n) is 3.28. The van der Waals surface area contributed by atoms with Crippen LogP contribution < -0.4 is 4.74 Å². The quantitative estimate of drug-likeness (QED) is 0.773. The maximum Gasteiger partial charge on any atom is 0.129 e. The smallest absolute Gasteiger partial charge is 0.129 e. The lowest BCUT2D eigenvalue weighted by Gasteiger charge is -2.16. The molecule has 3 heteroatoms. The summed E-state index contributed by atoms with van der Waals surface area (Å²) in [5.41, 5.74) is 2.65. The Hall–Kier alpha value is -1.35. The summed E-state index contributed by atoms with van der Waals surface area (Å²) in [6, 6.07) is 6.44. The molecule has 0 aliphatic carbocycles. The summed E-state index contributed by atoms with van der Waals surface area (Å²) < 4.78 is 5.50. The van der Waals surface area contributed by atoms with Crippen LogP contribution in [0.2, 0.25) is 0 Å². The predicted molar refractivity (Wildman–Crippen MR) is 71.9 cm³/mol. The normalized spacial score (nSPS) is 13.5. The van der Waals surface area contributed by atoms with Crippen molar-refractivity contribution in [2.45, 2.75) is 32.7 Å². The Kier molecular flexibility index (Phi) is 4.37. The van der Waals surface area contributed by atoms with Gasteiger partial charge in [-0.1, -0.05) is 12.1 Å². The lowest BCUT2D eigenvalue weighted by atomic mass is 10.1. The molecule has 0 radical (unpaired) electrons. The maximum absolute atomic E-state index is 10.9. The van der Waals surface area contributed by atoms with Crippen molar-refractivity contribution in [2.75, 3.05) is 20.2 Å². The molecule has 2 rings (SSSR count). The molecule has 1 aliphatic rings. The average Bonchev–Trinajstić information content (AvgIpc) is 2.75. The van der Waals surface area contributed by atoms with Crippen LogP contribution in [0.5, 0.6) is 5.75 Å². The fourth-order valence-electron chi connectivity index (χ4n) is 2.33. The van der Waals surface area contributed by atoms with Crippen molar-refractivity contribution in [3.8, 4) is 5.75 Å². The van der Waals surface area contributed by atoms with E-state index in [0.717, 1.165) is 38.3 Å². The van der Waals surface area contributed by atoms with Gasteiger partial charge in [0.1, 0.15) is 11.5 Å². The van der Waals surface area contributed by atoms with Gasteiger partial charge in [-0.3, -0.25) is 0 Å². The summed E-state index contributed by atoms with van der Waals surface area (Å²) in [4.78, 5) is 13.1. The van der Waals surface area contributed by atoms with Crippen LogP contribution in [0.15, 0.2) is 18.2 Å². The van der Waals surface area contributed by atoms with Gasteiger partial charge in [0.15, 0.2) is 0 Å². The summed E-state index contributed by atoms with van der Waals surface area (Å²) in [5.74, 6) is 1.32. The SMILES string of the molecule is CC(=O)CCCN(C)Cc1ccc2c(c1)CCO2. The summed E-state index contributed by atoms with van der Waals surface area (Å²) in [6.07, 6.45) is 2.65. The van der Waals surface area contributed by atoms with E-state index in [1.165, 1.54) is 11.1 Å². The number of benzene rings is 1. The predicted octanol–water partition coefficient (Wildman–Crippen LogP) is 2.42. The van der Waals surface area contributed by atoms with Gasteiger partial charge >= 0.3 is 0 Å². The molecule has 0 aromatic heterocycles. The Morgan fingerprint density at radius 2 is 2.28 bits per heavy atom. The molecule has 0 saturated heterocycles. The number of rotatable bonds is 6. The Labute approximate surface area is 109 Å². The summed E-state index contributed by atoms with van der Waals surface area (Å²) >= 11 is 0. The highest BCUT2D eigenvalue weighted by Crippen LogP contribution is 2.26. The number of Topliss-reactive ketones (excluding diaryl/α,β-unsaturated/α-hetero) is 1. The first-order chi connectivity index (χ1) is 8.65. The topological polar surface area (TPSA) is 29.5 Å². The molecule has 0 saturated carbocycles. The van der Waals surface area contributed by atoms with Gasteiger partial charge in [0.25, 0.3) is 0 Å². The monoisotopic (exact) mass is 247 g/mol. The number of ketones is 1. The molecule has 0 unspecified atom stereocenters. The molecule has 3 nitrogen and oxygen atoms in total. The minimum atomic E-state index is 0.276. The molecule has 1 heterocycles. The van der Waals surface area contributed by atoms with Crippen molar-refractivity contribution in [3.63, 3.8) is 0 Å². The van der Waals surface area contributed by atoms with Crippen molar-refractivity contribution >= 4 is 5.78 Å². The van der Waals surface area contributed by atoms with Crippen molar-refractivity contribution < 1.29 is 9.53 Å². The van der Waals surface area contributed by atoms with Crippen LogP contribution in [0.3, 0.4) is 0 Å². The fourth-order valence-corrected chi connectivity index (χ4v) is 2.33. The van der Waals surface area contributed by atoms with Crippen LogP contribution in [-0.4, -0.2) is 30.9 Å². The molecule has 1 aromatic rings. The van der Waals surface area contributed by atoms with Gasteiger partial charge in [0.05, 0.1) is 6.61 Å². The van der Waals surface area contributed by atoms with E-state index in [1.54, 1.807) is 6.92 Å². The summed E-state index contributed by atoms with van der Waals surface area (Å²) in [5, 5.41) is 0. The zero-order valence-corrected chi connectivity index (χ0v) is 11.2. The maximum atomic E-state index is 10.9. The number of carbonyl (C=O) groups excluding carboxylic acids is 1. The minimum Gasteiger partial charge on any atom is -0.493 e. The third kappa shape index (κ3) is 3.57. The lowest BCUT2D eigenvalue weighted by molar-refractivity contribution is -0.117. The highest BCUT2D eigenvalue weighted by atomic mass is 16.5. The number of fused-ring (bicyclic) bond motifs is 1. The van der Waals surface area contributed by atoms with E-state index in [-0.39, 0.29) is 5.78 Å². The van der Waals surface area contributed by atoms with Gasteiger partial charge in [0.2, 0.25) is 0 Å². The molecule has 0 amide bonds. The van der Waals surface area contributed by atoms with Crippen LogP contribution in [0.4, 0.5) is 0 Å². The van der Waals surface area contributed by atoms with Gasteiger partial charge in [-0.2, -0.15) is 0 Å². The highest BCUT2D eigenvalue weighted by Gasteiger charge is 2.12. The molecule has 0 spiro atoms. The Morgan fingerprint density at radius 3 is 3.06 bits per heavy atom. The van der Waals surface area contributed by atoms with Gasteiger partial charge < -0.3 is 14.4 Å². The van der Waals surface area contributed by atoms with E-state index in [4.69, 9.17) is 4.74 Å². The number of ether oxygens (including phenoxy) is 1. The molecule has 1 aliphatic heterocycles. The van der Waals surface area contributed by atoms with Gasteiger partial charge in [-0.05, 0) is 44.1 Å². The molecular weight excluding hydrogens is 226 g/mol. The standard InChI is InChI=1S/C15H21NO2/c1-12(17)4-3-8-16(2)11-13-5-6-15-14(10-13)7-9-18-15/h5-6,10H,3-4,7-9,11H2,1-2H3. The summed E-state index contributed by atoms with van der Waals surface area (Å²) in [7, 11) is 2.10. The summed E-state index contributed by atoms with van der Waals surface area (Å²) in [6.45, 7) is 4.37. The van der Waals surface area contributed by atoms with E-state index in [0.29, 0.717) is 6.42 Å². The Balaban J connectivity index is 1.83. The lowest BCUT2D eigenvalue weighted by Crippen LogP contribution is -2.19. The molecular formula is C15H21NO2. The van der Waals surface area contributed by atoms with Crippen molar-refractivity contribution in [1.82, 2.24) is 4.90 Å². The second kappa shape index (κ2) is 6.01. The largest absolute Gasteiger partial charge is 0.493 e. The first-order valence-corrected chi connectivity index (χ1v) is 6.58. The molecule has 0 bridgehead atoms. The van der Waals surface area contributed by atoms with E-state index in [9.17, 15) is 4.79 Å². The van der Waals surface area contributed by atoms with E-state index < -0.39 is 0 Å². The fraction of sp³-hybridized carbons (Fsp3) is 0.533. The number of hydrogen-bond donors (Lipinski definition) is 0. The number of carbonyl (C=O) groups is 1. The Bertz CT molecular complexity index is 429. The highest BCUT2D eigenvalue weighted by molar-refractivity contribution is 5.75.